The minimum Gasteiger partial charge on any atom is -0.493 e. The lowest BCUT2D eigenvalue weighted by Crippen LogP contribution is -2.34. The Labute approximate surface area is 201 Å². The second-order valence-corrected chi connectivity index (χ2v) is 9.61. The summed E-state index contributed by atoms with van der Waals surface area (Å²) in [5, 5.41) is 10.3. The van der Waals surface area contributed by atoms with Crippen LogP contribution in [0.1, 0.15) is 62.5 Å². The molecule has 34 heavy (non-hydrogen) atoms. The third-order valence-electron chi connectivity index (χ3n) is 7.56. The van der Waals surface area contributed by atoms with Crippen LogP contribution in [0, 0.1) is 0 Å². The number of nitrogens with zero attached hydrogens (tertiary/aromatic N) is 2. The van der Waals surface area contributed by atoms with E-state index in [1.54, 1.807) is 19.5 Å². The highest BCUT2D eigenvalue weighted by molar-refractivity contribution is 5.63. The molecule has 2 saturated carbocycles. The number of rotatable bonds is 6. The summed E-state index contributed by atoms with van der Waals surface area (Å²) in [7, 11) is 1.70. The van der Waals surface area contributed by atoms with E-state index in [1.165, 1.54) is 24.0 Å². The van der Waals surface area contributed by atoms with Crippen molar-refractivity contribution in [1.29, 1.82) is 0 Å². The van der Waals surface area contributed by atoms with Crippen molar-refractivity contribution < 1.29 is 14.6 Å². The van der Waals surface area contributed by atoms with Crippen LogP contribution in [0.25, 0.3) is 11.1 Å². The van der Waals surface area contributed by atoms with Crippen LogP contribution in [0.4, 0.5) is 5.95 Å². The lowest BCUT2D eigenvalue weighted by atomic mass is 9.64. The second-order valence-electron chi connectivity index (χ2n) is 9.61. The second kappa shape index (κ2) is 9.63. The minimum atomic E-state index is -0.244. The summed E-state index contributed by atoms with van der Waals surface area (Å²) in [6.45, 7) is 0. The van der Waals surface area contributed by atoms with Gasteiger partial charge in [0.2, 0.25) is 5.95 Å². The average molecular weight is 460 g/mol. The molecule has 1 aromatic heterocycles. The molecule has 0 amide bonds. The molecule has 3 N–H and O–H groups in total. The fourth-order valence-electron chi connectivity index (χ4n) is 5.56. The van der Waals surface area contributed by atoms with Gasteiger partial charge in [0, 0.05) is 23.4 Å². The summed E-state index contributed by atoms with van der Waals surface area (Å²) < 4.78 is 12.1. The van der Waals surface area contributed by atoms with Gasteiger partial charge >= 0.3 is 0 Å². The zero-order valence-corrected chi connectivity index (χ0v) is 19.7. The average Bonchev–Trinajstić information content (AvgIpc) is 3.38. The molecule has 2 aliphatic rings. The van der Waals surface area contributed by atoms with Crippen molar-refractivity contribution in [2.75, 3.05) is 12.8 Å². The first-order valence-corrected chi connectivity index (χ1v) is 12.3. The van der Waals surface area contributed by atoms with Crippen molar-refractivity contribution in [3.8, 4) is 22.6 Å². The molecule has 2 fully saturated rings. The number of hydrogen-bond acceptors (Lipinski definition) is 6. The Morgan fingerprint density at radius 2 is 1.50 bits per heavy atom. The molecule has 0 unspecified atom stereocenters. The first kappa shape index (κ1) is 22.7. The van der Waals surface area contributed by atoms with E-state index >= 15 is 0 Å². The SMILES string of the molecule is COc1ccc([C@]2(c3ccc(-c4cnc(N)nc4)cc3)CC[C@@H](O)CC2)cc1OC1CCCC1. The van der Waals surface area contributed by atoms with Crippen LogP contribution in [-0.4, -0.2) is 34.4 Å². The van der Waals surface area contributed by atoms with E-state index in [0.29, 0.717) is 0 Å². The summed E-state index contributed by atoms with van der Waals surface area (Å²) >= 11 is 0. The van der Waals surface area contributed by atoms with Gasteiger partial charge in [0.05, 0.1) is 19.3 Å². The smallest absolute Gasteiger partial charge is 0.219 e. The van der Waals surface area contributed by atoms with Crippen LogP contribution in [0.3, 0.4) is 0 Å². The molecule has 3 aromatic rings. The third-order valence-corrected chi connectivity index (χ3v) is 7.56. The van der Waals surface area contributed by atoms with Crippen LogP contribution in [0.5, 0.6) is 11.5 Å². The summed E-state index contributed by atoms with van der Waals surface area (Å²) in [6.07, 6.45) is 11.5. The molecule has 0 bridgehead atoms. The standard InChI is InChI=1S/C28H33N3O3/c1-33-25-11-10-22(16-26(25)34-24-4-2-3-5-24)28(14-12-23(32)13-15-28)21-8-6-19(7-9-21)20-17-30-27(29)31-18-20/h6-11,16-18,23-24,32H,2-5,12-15H2,1H3,(H2,29,30,31)/t23-,28-. The van der Waals surface area contributed by atoms with E-state index in [1.807, 2.05) is 6.07 Å². The van der Waals surface area contributed by atoms with Gasteiger partial charge in [-0.25, -0.2) is 9.97 Å². The molecular weight excluding hydrogens is 426 g/mol. The first-order valence-electron chi connectivity index (χ1n) is 12.3. The van der Waals surface area contributed by atoms with Gasteiger partial charge in [0.15, 0.2) is 11.5 Å². The molecule has 1 heterocycles. The number of ether oxygens (including phenoxy) is 2. The number of benzene rings is 2. The first-order chi connectivity index (χ1) is 16.6. The van der Waals surface area contributed by atoms with E-state index in [2.05, 4.69) is 46.4 Å². The molecule has 6 nitrogen and oxygen atoms in total. The normalized spacial score (nSPS) is 23.1. The van der Waals surface area contributed by atoms with Gasteiger partial charge in [-0.15, -0.1) is 0 Å². The number of nitrogens with two attached hydrogens (primary N) is 1. The Bertz CT molecular complexity index is 1100. The van der Waals surface area contributed by atoms with Gasteiger partial charge in [-0.2, -0.15) is 0 Å². The van der Waals surface area contributed by atoms with Crippen LogP contribution >= 0.6 is 0 Å². The highest BCUT2D eigenvalue weighted by Crippen LogP contribution is 2.47. The quantitative estimate of drug-likeness (QED) is 0.521. The Kier molecular flexibility index (Phi) is 6.42. The van der Waals surface area contributed by atoms with Crippen LogP contribution in [-0.2, 0) is 5.41 Å². The number of nitrogen functional groups attached to an aromatic ring is 1. The summed E-state index contributed by atoms with van der Waals surface area (Å²) in [5.74, 6) is 1.88. The summed E-state index contributed by atoms with van der Waals surface area (Å²) in [4.78, 5) is 8.24. The third kappa shape index (κ3) is 4.47. The lowest BCUT2D eigenvalue weighted by molar-refractivity contribution is 0.106. The van der Waals surface area contributed by atoms with Crippen LogP contribution in [0.15, 0.2) is 54.9 Å². The van der Waals surface area contributed by atoms with Crippen molar-refractivity contribution in [3.05, 3.63) is 66.0 Å². The molecule has 178 valence electrons. The van der Waals surface area contributed by atoms with E-state index in [4.69, 9.17) is 15.2 Å². The van der Waals surface area contributed by atoms with Crippen molar-refractivity contribution >= 4 is 5.95 Å². The highest BCUT2D eigenvalue weighted by atomic mass is 16.5. The fraction of sp³-hybridized carbons (Fsp3) is 0.429. The number of aromatic nitrogens is 2. The molecule has 0 atom stereocenters. The van der Waals surface area contributed by atoms with Gasteiger partial charge in [0.1, 0.15) is 0 Å². The number of anilines is 1. The zero-order valence-electron chi connectivity index (χ0n) is 19.7. The Morgan fingerprint density at radius 3 is 2.15 bits per heavy atom. The largest absolute Gasteiger partial charge is 0.493 e. The zero-order chi connectivity index (χ0) is 23.5. The number of methoxy groups -OCH3 is 1. The van der Waals surface area contributed by atoms with Crippen molar-refractivity contribution in [1.82, 2.24) is 9.97 Å². The Morgan fingerprint density at radius 1 is 0.853 bits per heavy atom. The molecule has 2 aromatic carbocycles. The Hall–Kier alpha value is -3.12. The summed E-state index contributed by atoms with van der Waals surface area (Å²) in [5.41, 5.74) is 9.91. The Balaban J connectivity index is 1.51. The van der Waals surface area contributed by atoms with Crippen LogP contribution < -0.4 is 15.2 Å². The number of aliphatic hydroxyl groups is 1. The van der Waals surface area contributed by atoms with Gasteiger partial charge in [0.25, 0.3) is 0 Å². The maximum atomic E-state index is 10.3. The molecule has 0 spiro atoms. The van der Waals surface area contributed by atoms with Gasteiger partial charge < -0.3 is 20.3 Å². The predicted molar refractivity (Wildman–Crippen MR) is 133 cm³/mol. The molecule has 0 saturated heterocycles. The topological polar surface area (TPSA) is 90.5 Å². The van der Waals surface area contributed by atoms with Crippen molar-refractivity contribution in [2.45, 2.75) is 69.0 Å². The fourth-order valence-corrected chi connectivity index (χ4v) is 5.56. The molecule has 0 aliphatic heterocycles. The lowest BCUT2D eigenvalue weighted by Gasteiger charge is -2.40. The molecular formula is C28H33N3O3. The minimum absolute atomic E-state index is 0.185. The number of hydrogen-bond donors (Lipinski definition) is 2. The van der Waals surface area contributed by atoms with Crippen LogP contribution in [0.2, 0.25) is 0 Å². The van der Waals surface area contributed by atoms with E-state index in [-0.39, 0.29) is 23.6 Å². The van der Waals surface area contributed by atoms with E-state index in [9.17, 15) is 5.11 Å². The highest BCUT2D eigenvalue weighted by Gasteiger charge is 2.38. The molecule has 5 rings (SSSR count). The molecule has 2 aliphatic carbocycles. The summed E-state index contributed by atoms with van der Waals surface area (Å²) in [6, 6.07) is 15.0. The van der Waals surface area contributed by atoms with Crippen molar-refractivity contribution in [2.24, 2.45) is 0 Å². The van der Waals surface area contributed by atoms with Gasteiger partial charge in [-0.3, -0.25) is 0 Å². The predicted octanol–water partition coefficient (Wildman–Crippen LogP) is 5.28. The molecule has 0 radical (unpaired) electrons. The maximum absolute atomic E-state index is 10.3. The van der Waals surface area contributed by atoms with E-state index < -0.39 is 0 Å². The number of aliphatic hydroxyl groups excluding tert-OH is 1. The van der Waals surface area contributed by atoms with E-state index in [0.717, 1.165) is 61.2 Å². The molecule has 6 heteroatoms. The van der Waals surface area contributed by atoms with Crippen molar-refractivity contribution in [3.63, 3.8) is 0 Å². The monoisotopic (exact) mass is 459 g/mol. The maximum Gasteiger partial charge on any atom is 0.219 e. The van der Waals surface area contributed by atoms with Gasteiger partial charge in [-0.1, -0.05) is 30.3 Å². The van der Waals surface area contributed by atoms with Gasteiger partial charge in [-0.05, 0) is 80.2 Å².